The van der Waals surface area contributed by atoms with Crippen LogP contribution in [-0.2, 0) is 29.1 Å². The van der Waals surface area contributed by atoms with E-state index in [-0.39, 0.29) is 60.0 Å². The molecule has 33 heavy (non-hydrogen) atoms. The number of para-hydroxylation sites is 1. The molecule has 0 saturated carbocycles. The van der Waals surface area contributed by atoms with Gasteiger partial charge in [-0.2, -0.15) is 0 Å². The highest BCUT2D eigenvalue weighted by atomic mass is 19.1. The van der Waals surface area contributed by atoms with Gasteiger partial charge in [-0.1, -0.05) is 36.4 Å². The standard InChI is InChI=1S/C26H23F2NO4/c1-2-31-22(30)13-16-6-3-4-9-21(16)33-15-19-12-17-10-11-32-26(17)23(25(19)28)20-8-5-7-18(14-29)24(20)27/h3-12H,2,13-15,29H2,1H3. The van der Waals surface area contributed by atoms with Crippen molar-refractivity contribution in [3.8, 4) is 16.9 Å². The predicted octanol–water partition coefficient (Wildman–Crippen LogP) is 5.52. The highest BCUT2D eigenvalue weighted by Gasteiger charge is 2.22. The Morgan fingerprint density at radius 1 is 1.00 bits per heavy atom. The number of esters is 1. The molecule has 0 amide bonds. The van der Waals surface area contributed by atoms with E-state index in [1.54, 1.807) is 55.5 Å². The molecular formula is C26H23F2NO4. The number of rotatable bonds is 8. The highest BCUT2D eigenvalue weighted by molar-refractivity contribution is 5.94. The minimum Gasteiger partial charge on any atom is -0.488 e. The molecule has 5 nitrogen and oxygen atoms in total. The summed E-state index contributed by atoms with van der Waals surface area (Å²) < 4.78 is 47.1. The van der Waals surface area contributed by atoms with Crippen LogP contribution < -0.4 is 10.5 Å². The molecule has 1 aromatic heterocycles. The molecule has 7 heteroatoms. The third kappa shape index (κ3) is 4.59. The van der Waals surface area contributed by atoms with Gasteiger partial charge < -0.3 is 19.6 Å². The number of hydrogen-bond donors (Lipinski definition) is 1. The second kappa shape index (κ2) is 9.83. The lowest BCUT2D eigenvalue weighted by Gasteiger charge is -2.14. The van der Waals surface area contributed by atoms with Crippen LogP contribution in [0.4, 0.5) is 8.78 Å². The van der Waals surface area contributed by atoms with Gasteiger partial charge in [-0.25, -0.2) is 8.78 Å². The molecule has 0 atom stereocenters. The lowest BCUT2D eigenvalue weighted by atomic mass is 9.97. The van der Waals surface area contributed by atoms with Crippen molar-refractivity contribution in [1.82, 2.24) is 0 Å². The average Bonchev–Trinajstić information content (AvgIpc) is 3.27. The number of nitrogens with two attached hydrogens (primary N) is 1. The van der Waals surface area contributed by atoms with E-state index in [4.69, 9.17) is 19.6 Å². The Morgan fingerprint density at radius 2 is 1.79 bits per heavy atom. The van der Waals surface area contributed by atoms with Gasteiger partial charge in [-0.05, 0) is 25.1 Å². The average molecular weight is 451 g/mol. The van der Waals surface area contributed by atoms with Gasteiger partial charge in [-0.15, -0.1) is 0 Å². The molecule has 0 fully saturated rings. The van der Waals surface area contributed by atoms with Gasteiger partial charge in [0.1, 0.15) is 29.6 Å². The second-order valence-corrected chi connectivity index (χ2v) is 7.42. The smallest absolute Gasteiger partial charge is 0.310 e. The zero-order valence-electron chi connectivity index (χ0n) is 18.1. The van der Waals surface area contributed by atoms with Gasteiger partial charge >= 0.3 is 5.97 Å². The van der Waals surface area contributed by atoms with E-state index in [0.717, 1.165) is 0 Å². The first-order valence-electron chi connectivity index (χ1n) is 10.6. The fourth-order valence-electron chi connectivity index (χ4n) is 3.74. The monoisotopic (exact) mass is 451 g/mol. The Kier molecular flexibility index (Phi) is 6.70. The fraction of sp³-hybridized carbons (Fsp3) is 0.192. The third-order valence-corrected chi connectivity index (χ3v) is 5.32. The first kappa shape index (κ1) is 22.5. The molecule has 0 bridgehead atoms. The maximum absolute atomic E-state index is 15.7. The van der Waals surface area contributed by atoms with Crippen LogP contribution >= 0.6 is 0 Å². The summed E-state index contributed by atoms with van der Waals surface area (Å²) in [6.45, 7) is 1.88. The summed E-state index contributed by atoms with van der Waals surface area (Å²) >= 11 is 0. The Bertz CT molecular complexity index is 1300. The molecular weight excluding hydrogens is 428 g/mol. The van der Waals surface area contributed by atoms with E-state index in [0.29, 0.717) is 16.7 Å². The Balaban J connectivity index is 1.70. The lowest BCUT2D eigenvalue weighted by Crippen LogP contribution is -2.09. The number of fused-ring (bicyclic) bond motifs is 1. The molecule has 4 rings (SSSR count). The Labute approximate surface area is 189 Å². The molecule has 0 spiro atoms. The fourth-order valence-corrected chi connectivity index (χ4v) is 3.74. The number of carbonyl (C=O) groups is 1. The summed E-state index contributed by atoms with van der Waals surface area (Å²) in [5.74, 6) is -1.17. The number of carbonyl (C=O) groups excluding carboxylic acids is 1. The molecule has 0 aliphatic carbocycles. The molecule has 1 heterocycles. The van der Waals surface area contributed by atoms with Crippen LogP contribution in [0.15, 0.2) is 65.3 Å². The number of benzene rings is 3. The van der Waals surface area contributed by atoms with Crippen molar-refractivity contribution in [1.29, 1.82) is 0 Å². The topological polar surface area (TPSA) is 74.7 Å². The van der Waals surface area contributed by atoms with Gasteiger partial charge in [0, 0.05) is 34.2 Å². The molecule has 0 unspecified atom stereocenters. The number of halogens is 2. The first-order chi connectivity index (χ1) is 16.0. The summed E-state index contributed by atoms with van der Waals surface area (Å²) in [5.41, 5.74) is 7.09. The van der Waals surface area contributed by atoms with Crippen molar-refractivity contribution in [3.63, 3.8) is 0 Å². The largest absolute Gasteiger partial charge is 0.488 e. The van der Waals surface area contributed by atoms with Gasteiger partial charge in [-0.3, -0.25) is 4.79 Å². The lowest BCUT2D eigenvalue weighted by molar-refractivity contribution is -0.142. The maximum Gasteiger partial charge on any atom is 0.310 e. The van der Waals surface area contributed by atoms with Crippen molar-refractivity contribution in [3.05, 3.63) is 89.2 Å². The summed E-state index contributed by atoms with van der Waals surface area (Å²) in [7, 11) is 0. The molecule has 0 saturated heterocycles. The second-order valence-electron chi connectivity index (χ2n) is 7.42. The number of hydrogen-bond acceptors (Lipinski definition) is 5. The van der Waals surface area contributed by atoms with Gasteiger partial charge in [0.15, 0.2) is 0 Å². The quantitative estimate of drug-likeness (QED) is 0.357. The maximum atomic E-state index is 15.7. The van der Waals surface area contributed by atoms with Crippen LogP contribution in [0.5, 0.6) is 5.75 Å². The van der Waals surface area contributed by atoms with Gasteiger partial charge in [0.05, 0.1) is 24.9 Å². The van der Waals surface area contributed by atoms with Crippen molar-refractivity contribution in [2.45, 2.75) is 26.5 Å². The third-order valence-electron chi connectivity index (χ3n) is 5.32. The molecule has 3 aromatic carbocycles. The van der Waals surface area contributed by atoms with Crippen molar-refractivity contribution < 1.29 is 27.5 Å². The van der Waals surface area contributed by atoms with Crippen LogP contribution in [0.25, 0.3) is 22.1 Å². The van der Waals surface area contributed by atoms with Crippen LogP contribution in [-0.4, -0.2) is 12.6 Å². The molecule has 4 aromatic rings. The van der Waals surface area contributed by atoms with E-state index < -0.39 is 11.6 Å². The minimum absolute atomic E-state index is 0.0113. The Morgan fingerprint density at radius 3 is 2.58 bits per heavy atom. The van der Waals surface area contributed by atoms with Crippen LogP contribution in [0, 0.1) is 11.6 Å². The van der Waals surface area contributed by atoms with E-state index in [9.17, 15) is 4.79 Å². The number of furan rings is 1. The summed E-state index contributed by atoms with van der Waals surface area (Å²) in [4.78, 5) is 11.9. The summed E-state index contributed by atoms with van der Waals surface area (Å²) in [5, 5.41) is 0.613. The normalized spacial score (nSPS) is 11.0. The number of ether oxygens (including phenoxy) is 2. The van der Waals surface area contributed by atoms with Gasteiger partial charge in [0.2, 0.25) is 0 Å². The first-order valence-corrected chi connectivity index (χ1v) is 10.6. The van der Waals surface area contributed by atoms with E-state index in [1.807, 2.05) is 0 Å². The van der Waals surface area contributed by atoms with Crippen molar-refractivity contribution >= 4 is 16.9 Å². The van der Waals surface area contributed by atoms with Crippen LogP contribution in [0.3, 0.4) is 0 Å². The summed E-state index contributed by atoms with van der Waals surface area (Å²) in [6, 6.07) is 15.0. The van der Waals surface area contributed by atoms with Crippen molar-refractivity contribution in [2.24, 2.45) is 5.73 Å². The highest BCUT2D eigenvalue weighted by Crippen LogP contribution is 2.37. The molecule has 0 radical (unpaired) electrons. The van der Waals surface area contributed by atoms with Gasteiger partial charge in [0.25, 0.3) is 0 Å². The Hall–Kier alpha value is -3.71. The zero-order valence-corrected chi connectivity index (χ0v) is 18.1. The molecule has 0 aliphatic heterocycles. The van der Waals surface area contributed by atoms with E-state index >= 15 is 8.78 Å². The zero-order chi connectivity index (χ0) is 23.4. The van der Waals surface area contributed by atoms with E-state index in [2.05, 4.69) is 0 Å². The van der Waals surface area contributed by atoms with E-state index in [1.165, 1.54) is 12.3 Å². The van der Waals surface area contributed by atoms with Crippen molar-refractivity contribution in [2.75, 3.05) is 6.61 Å². The SMILES string of the molecule is CCOC(=O)Cc1ccccc1OCc1cc2ccoc2c(-c2cccc(CN)c2F)c1F. The summed E-state index contributed by atoms with van der Waals surface area (Å²) in [6.07, 6.45) is 1.47. The molecule has 2 N–H and O–H groups in total. The minimum atomic E-state index is -0.645. The molecule has 170 valence electrons. The predicted molar refractivity (Wildman–Crippen MR) is 121 cm³/mol. The van der Waals surface area contributed by atoms with Crippen LogP contribution in [0.1, 0.15) is 23.6 Å². The van der Waals surface area contributed by atoms with Crippen LogP contribution in [0.2, 0.25) is 0 Å². The molecule has 0 aliphatic rings.